The Labute approximate surface area is 100 Å². The standard InChI is InChI=1S/C13H16O4/c1-11(13(14)15)10-16-8-5-9-17-12-6-3-2-4-7-12/h2-4,6-7,10H,5,8-9H2,1H3,(H,14,15). The van der Waals surface area contributed by atoms with Gasteiger partial charge in [-0.15, -0.1) is 0 Å². The predicted octanol–water partition coefficient (Wildman–Crippen LogP) is 2.46. The molecule has 1 N–H and O–H groups in total. The Morgan fingerprint density at radius 1 is 1.29 bits per heavy atom. The van der Waals surface area contributed by atoms with Gasteiger partial charge in [-0.05, 0) is 19.1 Å². The van der Waals surface area contributed by atoms with Crippen molar-refractivity contribution >= 4 is 5.97 Å². The molecule has 1 rings (SSSR count). The maximum Gasteiger partial charge on any atom is 0.334 e. The fourth-order valence-electron chi connectivity index (χ4n) is 1.08. The number of hydrogen-bond donors (Lipinski definition) is 1. The van der Waals surface area contributed by atoms with Crippen molar-refractivity contribution < 1.29 is 19.4 Å². The van der Waals surface area contributed by atoms with Crippen LogP contribution < -0.4 is 4.74 Å². The molecule has 17 heavy (non-hydrogen) atoms. The van der Waals surface area contributed by atoms with Gasteiger partial charge in [0.1, 0.15) is 5.75 Å². The van der Waals surface area contributed by atoms with Crippen LogP contribution in [0.5, 0.6) is 5.75 Å². The highest BCUT2D eigenvalue weighted by Crippen LogP contribution is 2.08. The van der Waals surface area contributed by atoms with Crippen LogP contribution >= 0.6 is 0 Å². The summed E-state index contributed by atoms with van der Waals surface area (Å²) in [6.45, 7) is 2.48. The third-order valence-corrected chi connectivity index (χ3v) is 2.02. The highest BCUT2D eigenvalue weighted by atomic mass is 16.5. The van der Waals surface area contributed by atoms with Crippen molar-refractivity contribution in [2.45, 2.75) is 13.3 Å². The summed E-state index contributed by atoms with van der Waals surface area (Å²) < 4.78 is 10.5. The Balaban J connectivity index is 2.10. The average Bonchev–Trinajstić information content (AvgIpc) is 2.34. The van der Waals surface area contributed by atoms with Gasteiger partial charge in [0.2, 0.25) is 0 Å². The third kappa shape index (κ3) is 5.61. The average molecular weight is 236 g/mol. The van der Waals surface area contributed by atoms with Crippen LogP contribution in [0.25, 0.3) is 0 Å². The maximum atomic E-state index is 10.4. The second-order valence-corrected chi connectivity index (χ2v) is 3.49. The van der Waals surface area contributed by atoms with E-state index in [1.807, 2.05) is 30.3 Å². The minimum atomic E-state index is -0.967. The number of hydrogen-bond acceptors (Lipinski definition) is 3. The minimum absolute atomic E-state index is 0.189. The molecule has 4 heteroatoms. The predicted molar refractivity (Wildman–Crippen MR) is 63.9 cm³/mol. The van der Waals surface area contributed by atoms with Gasteiger partial charge in [-0.2, -0.15) is 0 Å². The zero-order valence-electron chi connectivity index (χ0n) is 9.76. The second-order valence-electron chi connectivity index (χ2n) is 3.49. The molecule has 0 aliphatic rings. The van der Waals surface area contributed by atoms with Gasteiger partial charge < -0.3 is 14.6 Å². The Morgan fingerprint density at radius 2 is 2.00 bits per heavy atom. The summed E-state index contributed by atoms with van der Waals surface area (Å²) in [5, 5.41) is 8.56. The number of aliphatic carboxylic acids is 1. The smallest absolute Gasteiger partial charge is 0.334 e. The molecule has 0 aromatic heterocycles. The van der Waals surface area contributed by atoms with E-state index in [9.17, 15) is 4.79 Å². The molecule has 0 heterocycles. The van der Waals surface area contributed by atoms with Gasteiger partial charge in [0.15, 0.2) is 0 Å². The lowest BCUT2D eigenvalue weighted by atomic mass is 10.3. The first-order valence-corrected chi connectivity index (χ1v) is 5.39. The quantitative estimate of drug-likeness (QED) is 0.449. The lowest BCUT2D eigenvalue weighted by molar-refractivity contribution is -0.132. The number of benzene rings is 1. The third-order valence-electron chi connectivity index (χ3n) is 2.02. The van der Waals surface area contributed by atoms with E-state index in [0.717, 1.165) is 5.75 Å². The lowest BCUT2D eigenvalue weighted by Crippen LogP contribution is -2.02. The molecule has 0 aliphatic carbocycles. The van der Waals surface area contributed by atoms with E-state index in [4.69, 9.17) is 14.6 Å². The molecule has 0 spiro atoms. The Kier molecular flexibility index (Phi) is 5.64. The molecule has 0 fully saturated rings. The number of carboxylic acids is 1. The first kappa shape index (κ1) is 13.1. The SMILES string of the molecule is CC(=COCCCOc1ccccc1)C(=O)O. The molecule has 0 saturated carbocycles. The van der Waals surface area contributed by atoms with E-state index >= 15 is 0 Å². The lowest BCUT2D eigenvalue weighted by Gasteiger charge is -2.05. The molecule has 1 aromatic rings. The van der Waals surface area contributed by atoms with E-state index in [1.54, 1.807) is 0 Å². The summed E-state index contributed by atoms with van der Waals surface area (Å²) in [6, 6.07) is 9.51. The summed E-state index contributed by atoms with van der Waals surface area (Å²) in [7, 11) is 0. The van der Waals surface area contributed by atoms with E-state index in [0.29, 0.717) is 19.6 Å². The molecule has 0 atom stereocenters. The van der Waals surface area contributed by atoms with E-state index in [2.05, 4.69) is 0 Å². The number of carboxylic acid groups (broad SMARTS) is 1. The number of para-hydroxylation sites is 1. The normalized spacial score (nSPS) is 11.0. The van der Waals surface area contributed by atoms with Gasteiger partial charge in [-0.1, -0.05) is 18.2 Å². The Bertz CT molecular complexity index is 370. The largest absolute Gasteiger partial charge is 0.501 e. The van der Waals surface area contributed by atoms with Crippen molar-refractivity contribution in [1.82, 2.24) is 0 Å². The molecule has 4 nitrogen and oxygen atoms in total. The van der Waals surface area contributed by atoms with Crippen molar-refractivity contribution in [2.75, 3.05) is 13.2 Å². The molecular weight excluding hydrogens is 220 g/mol. The van der Waals surface area contributed by atoms with Crippen LogP contribution in [0.1, 0.15) is 13.3 Å². The van der Waals surface area contributed by atoms with E-state index in [1.165, 1.54) is 13.2 Å². The molecule has 0 amide bonds. The molecule has 0 bridgehead atoms. The zero-order chi connectivity index (χ0) is 12.5. The fourth-order valence-corrected chi connectivity index (χ4v) is 1.08. The van der Waals surface area contributed by atoms with Crippen molar-refractivity contribution in [3.05, 3.63) is 42.2 Å². The van der Waals surface area contributed by atoms with Crippen LogP contribution in [0.3, 0.4) is 0 Å². The monoisotopic (exact) mass is 236 g/mol. The topological polar surface area (TPSA) is 55.8 Å². The van der Waals surface area contributed by atoms with Gasteiger partial charge >= 0.3 is 5.97 Å². The number of rotatable bonds is 7. The highest BCUT2D eigenvalue weighted by Gasteiger charge is 1.98. The summed E-state index contributed by atoms with van der Waals surface area (Å²) >= 11 is 0. The van der Waals surface area contributed by atoms with Crippen LogP contribution in [0, 0.1) is 0 Å². The van der Waals surface area contributed by atoms with Gasteiger partial charge in [-0.3, -0.25) is 0 Å². The van der Waals surface area contributed by atoms with Crippen molar-refractivity contribution in [3.63, 3.8) is 0 Å². The Hall–Kier alpha value is -1.97. The van der Waals surface area contributed by atoms with Crippen LogP contribution in [0.4, 0.5) is 0 Å². The van der Waals surface area contributed by atoms with E-state index < -0.39 is 5.97 Å². The van der Waals surface area contributed by atoms with Gasteiger partial charge in [0.05, 0.1) is 25.0 Å². The van der Waals surface area contributed by atoms with Gasteiger partial charge in [0.25, 0.3) is 0 Å². The van der Waals surface area contributed by atoms with Gasteiger partial charge in [0, 0.05) is 6.42 Å². The summed E-state index contributed by atoms with van der Waals surface area (Å²) in [5.74, 6) is -0.143. The zero-order valence-corrected chi connectivity index (χ0v) is 9.76. The Morgan fingerprint density at radius 3 is 2.65 bits per heavy atom. The summed E-state index contributed by atoms with van der Waals surface area (Å²) in [4.78, 5) is 10.4. The van der Waals surface area contributed by atoms with Gasteiger partial charge in [-0.25, -0.2) is 4.79 Å². The molecule has 1 aromatic carbocycles. The van der Waals surface area contributed by atoms with E-state index in [-0.39, 0.29) is 5.57 Å². The van der Waals surface area contributed by atoms with Crippen LogP contribution in [-0.4, -0.2) is 24.3 Å². The molecule has 92 valence electrons. The van der Waals surface area contributed by atoms with Crippen molar-refractivity contribution in [3.8, 4) is 5.75 Å². The summed E-state index contributed by atoms with van der Waals surface area (Å²) in [5.41, 5.74) is 0.189. The molecule has 0 radical (unpaired) electrons. The first-order valence-electron chi connectivity index (χ1n) is 5.39. The number of carbonyl (C=O) groups is 1. The van der Waals surface area contributed by atoms with Crippen molar-refractivity contribution in [1.29, 1.82) is 0 Å². The van der Waals surface area contributed by atoms with Crippen LogP contribution in [0.2, 0.25) is 0 Å². The number of ether oxygens (including phenoxy) is 2. The second kappa shape index (κ2) is 7.33. The molecular formula is C13H16O4. The summed E-state index contributed by atoms with van der Waals surface area (Å²) in [6.07, 6.45) is 1.96. The minimum Gasteiger partial charge on any atom is -0.501 e. The molecule has 0 saturated heterocycles. The highest BCUT2D eigenvalue weighted by molar-refractivity contribution is 5.85. The first-order chi connectivity index (χ1) is 8.20. The van der Waals surface area contributed by atoms with Crippen molar-refractivity contribution in [2.24, 2.45) is 0 Å². The fraction of sp³-hybridized carbons (Fsp3) is 0.308. The maximum absolute atomic E-state index is 10.4. The van der Waals surface area contributed by atoms with Crippen LogP contribution in [-0.2, 0) is 9.53 Å². The molecule has 0 unspecified atom stereocenters. The van der Waals surface area contributed by atoms with Crippen LogP contribution in [0.15, 0.2) is 42.2 Å². The molecule has 0 aliphatic heterocycles.